The number of aryl methyl sites for hydroxylation is 1. The standard InChI is InChI=1S/C26H32O3S/c1-10-14-19(12-3)24(27)29-22-17(5)16-21(26(7,8)9)18(6)23(22)30-25(28)20(13-4)15-11-2/h10,12-16H,1,3-4,11H2,2,5-9H3/b19-14+,20-15+. The number of hydrogen-bond donors (Lipinski definition) is 0. The Morgan fingerprint density at radius 3 is 2.17 bits per heavy atom. The molecule has 1 aromatic rings. The first-order valence-electron chi connectivity index (χ1n) is 9.88. The van der Waals surface area contributed by atoms with E-state index in [1.165, 1.54) is 12.2 Å². The fourth-order valence-electron chi connectivity index (χ4n) is 3.01. The van der Waals surface area contributed by atoms with Gasteiger partial charge >= 0.3 is 5.97 Å². The Hall–Kier alpha value is -2.59. The molecule has 0 spiro atoms. The van der Waals surface area contributed by atoms with Crippen LogP contribution in [0.2, 0.25) is 0 Å². The van der Waals surface area contributed by atoms with E-state index in [1.807, 2.05) is 32.9 Å². The predicted octanol–water partition coefficient (Wildman–Crippen LogP) is 6.95. The van der Waals surface area contributed by atoms with Gasteiger partial charge in [-0.3, -0.25) is 4.79 Å². The van der Waals surface area contributed by atoms with E-state index in [9.17, 15) is 9.59 Å². The van der Waals surface area contributed by atoms with Crippen molar-refractivity contribution >= 4 is 22.8 Å². The summed E-state index contributed by atoms with van der Waals surface area (Å²) in [4.78, 5) is 26.3. The van der Waals surface area contributed by atoms with E-state index in [-0.39, 0.29) is 10.5 Å². The van der Waals surface area contributed by atoms with Crippen LogP contribution in [0.5, 0.6) is 5.75 Å². The zero-order valence-corrected chi connectivity index (χ0v) is 19.7. The first kappa shape index (κ1) is 25.4. The highest BCUT2D eigenvalue weighted by Gasteiger charge is 2.26. The van der Waals surface area contributed by atoms with Crippen LogP contribution in [-0.2, 0) is 15.0 Å². The van der Waals surface area contributed by atoms with E-state index in [4.69, 9.17) is 4.74 Å². The van der Waals surface area contributed by atoms with E-state index >= 15 is 0 Å². The van der Waals surface area contributed by atoms with Gasteiger partial charge in [0, 0.05) is 5.57 Å². The molecule has 0 bridgehead atoms. The van der Waals surface area contributed by atoms with Crippen molar-refractivity contribution in [2.75, 3.05) is 0 Å². The lowest BCUT2D eigenvalue weighted by atomic mass is 9.83. The van der Waals surface area contributed by atoms with Gasteiger partial charge < -0.3 is 4.74 Å². The molecule has 1 rings (SSSR count). The summed E-state index contributed by atoms with van der Waals surface area (Å²) in [5.41, 5.74) is 3.50. The van der Waals surface area contributed by atoms with Crippen LogP contribution in [0.3, 0.4) is 0 Å². The summed E-state index contributed by atoms with van der Waals surface area (Å²) in [5, 5.41) is -0.136. The number of esters is 1. The molecule has 0 aliphatic rings. The third-order valence-electron chi connectivity index (χ3n) is 4.50. The third-order valence-corrected chi connectivity index (χ3v) is 5.62. The topological polar surface area (TPSA) is 43.4 Å². The molecule has 1 aromatic carbocycles. The van der Waals surface area contributed by atoms with Crippen molar-refractivity contribution in [1.29, 1.82) is 0 Å². The molecule has 0 heterocycles. The predicted molar refractivity (Wildman–Crippen MR) is 128 cm³/mol. The van der Waals surface area contributed by atoms with Crippen molar-refractivity contribution in [3.63, 3.8) is 0 Å². The monoisotopic (exact) mass is 424 g/mol. The van der Waals surface area contributed by atoms with Crippen LogP contribution in [0.4, 0.5) is 0 Å². The molecule has 4 heteroatoms. The van der Waals surface area contributed by atoms with Crippen molar-refractivity contribution in [2.45, 2.75) is 58.3 Å². The lowest BCUT2D eigenvalue weighted by Crippen LogP contribution is -2.17. The highest BCUT2D eigenvalue weighted by atomic mass is 32.2. The molecule has 0 aliphatic carbocycles. The van der Waals surface area contributed by atoms with Crippen molar-refractivity contribution in [3.8, 4) is 5.75 Å². The van der Waals surface area contributed by atoms with Crippen LogP contribution < -0.4 is 4.74 Å². The number of rotatable bonds is 8. The highest BCUT2D eigenvalue weighted by molar-refractivity contribution is 8.14. The second-order valence-electron chi connectivity index (χ2n) is 7.89. The number of ether oxygens (including phenoxy) is 1. The van der Waals surface area contributed by atoms with Crippen LogP contribution in [0, 0.1) is 13.8 Å². The summed E-state index contributed by atoms with van der Waals surface area (Å²) in [5.74, 6) is -0.154. The van der Waals surface area contributed by atoms with Crippen molar-refractivity contribution in [2.24, 2.45) is 0 Å². The van der Waals surface area contributed by atoms with Gasteiger partial charge in [0.1, 0.15) is 5.75 Å². The van der Waals surface area contributed by atoms with Gasteiger partial charge in [0.15, 0.2) is 0 Å². The van der Waals surface area contributed by atoms with E-state index in [0.29, 0.717) is 21.8 Å². The summed E-state index contributed by atoms with van der Waals surface area (Å²) in [6.45, 7) is 23.2. The number of hydrogen-bond acceptors (Lipinski definition) is 4. The Morgan fingerprint density at radius 2 is 1.70 bits per heavy atom. The average molecular weight is 425 g/mol. The Labute approximate surface area is 185 Å². The van der Waals surface area contributed by atoms with Gasteiger partial charge in [-0.2, -0.15) is 0 Å². The van der Waals surface area contributed by atoms with E-state index in [2.05, 4.69) is 40.5 Å². The molecule has 0 fully saturated rings. The minimum atomic E-state index is -0.543. The van der Waals surface area contributed by atoms with Crippen LogP contribution in [0.15, 0.2) is 72.2 Å². The molecule has 0 amide bonds. The van der Waals surface area contributed by atoms with Crippen molar-refractivity contribution in [1.82, 2.24) is 0 Å². The number of allylic oxidation sites excluding steroid dienone is 4. The number of carbonyl (C=O) groups excluding carboxylic acids is 2. The molecular formula is C26H32O3S. The molecule has 3 nitrogen and oxygen atoms in total. The Balaban J connectivity index is 3.64. The number of carbonyl (C=O) groups is 2. The molecule has 0 N–H and O–H groups in total. The third kappa shape index (κ3) is 6.20. The van der Waals surface area contributed by atoms with E-state index < -0.39 is 5.97 Å². The zero-order valence-electron chi connectivity index (χ0n) is 18.9. The Kier molecular flexibility index (Phi) is 9.31. The minimum Gasteiger partial charge on any atom is -0.421 e. The van der Waals surface area contributed by atoms with Crippen LogP contribution >= 0.6 is 11.8 Å². The summed E-state index contributed by atoms with van der Waals surface area (Å²) in [6, 6.07) is 2.02. The largest absolute Gasteiger partial charge is 0.421 e. The average Bonchev–Trinajstić information content (AvgIpc) is 2.67. The van der Waals surface area contributed by atoms with Crippen LogP contribution in [0.1, 0.15) is 50.8 Å². The molecule has 160 valence electrons. The van der Waals surface area contributed by atoms with Gasteiger partial charge in [-0.25, -0.2) is 4.79 Å². The van der Waals surface area contributed by atoms with Crippen molar-refractivity contribution < 1.29 is 14.3 Å². The molecule has 0 aromatic heterocycles. The fraction of sp³-hybridized carbons (Fsp3) is 0.308. The fourth-order valence-corrected chi connectivity index (χ4v) is 4.04. The van der Waals surface area contributed by atoms with Crippen LogP contribution in [0.25, 0.3) is 0 Å². The normalized spacial score (nSPS) is 12.3. The van der Waals surface area contributed by atoms with E-state index in [0.717, 1.165) is 34.9 Å². The molecule has 30 heavy (non-hydrogen) atoms. The first-order chi connectivity index (χ1) is 14.0. The quantitative estimate of drug-likeness (QED) is 0.149. The SMILES string of the molecule is C=C/C=C(\C=C)C(=O)Oc1c(C)cc(C(C)(C)C)c(C)c1SC(=O)/C(C=C)=C/CC. The van der Waals surface area contributed by atoms with Gasteiger partial charge in [-0.1, -0.05) is 77.8 Å². The lowest BCUT2D eigenvalue weighted by Gasteiger charge is -2.26. The lowest BCUT2D eigenvalue weighted by molar-refractivity contribution is -0.130. The van der Waals surface area contributed by atoms with Gasteiger partial charge in [0.2, 0.25) is 5.12 Å². The molecule has 0 saturated carbocycles. The second-order valence-corrected chi connectivity index (χ2v) is 8.87. The summed E-state index contributed by atoms with van der Waals surface area (Å²) in [7, 11) is 0. The van der Waals surface area contributed by atoms with Gasteiger partial charge in [-0.05, 0) is 60.2 Å². The maximum Gasteiger partial charge on any atom is 0.343 e. The van der Waals surface area contributed by atoms with Gasteiger partial charge in [0.05, 0.1) is 10.5 Å². The molecule has 0 saturated heterocycles. The van der Waals surface area contributed by atoms with Gasteiger partial charge in [0.25, 0.3) is 0 Å². The van der Waals surface area contributed by atoms with E-state index in [1.54, 1.807) is 12.2 Å². The van der Waals surface area contributed by atoms with Crippen LogP contribution in [-0.4, -0.2) is 11.1 Å². The van der Waals surface area contributed by atoms with Gasteiger partial charge in [-0.15, -0.1) is 0 Å². The summed E-state index contributed by atoms with van der Waals surface area (Å²) < 4.78 is 5.76. The molecular weight excluding hydrogens is 392 g/mol. The highest BCUT2D eigenvalue weighted by Crippen LogP contribution is 2.42. The number of benzene rings is 1. The molecule has 0 aliphatic heterocycles. The first-order valence-corrected chi connectivity index (χ1v) is 10.7. The molecule has 0 unspecified atom stereocenters. The number of thioether (sulfide) groups is 1. The minimum absolute atomic E-state index is 0.134. The molecule has 0 atom stereocenters. The summed E-state index contributed by atoms with van der Waals surface area (Å²) >= 11 is 1.07. The maximum absolute atomic E-state index is 12.9. The zero-order chi connectivity index (χ0) is 23.1. The molecule has 0 radical (unpaired) electrons. The second kappa shape index (κ2) is 11.0. The van der Waals surface area contributed by atoms with Crippen molar-refractivity contribution in [3.05, 3.63) is 84.0 Å². The summed E-state index contributed by atoms with van der Waals surface area (Å²) in [6.07, 6.45) is 8.59. The maximum atomic E-state index is 12.9. The smallest absolute Gasteiger partial charge is 0.343 e. The Bertz CT molecular complexity index is 925. The Morgan fingerprint density at radius 1 is 1.10 bits per heavy atom.